The van der Waals surface area contributed by atoms with Gasteiger partial charge in [-0.15, -0.1) is 0 Å². The number of hydrogen-bond donors (Lipinski definition) is 2. The molecule has 0 amide bonds. The Morgan fingerprint density at radius 3 is 2.26 bits per heavy atom. The van der Waals surface area contributed by atoms with Crippen LogP contribution in [0.15, 0.2) is 49.6 Å². The van der Waals surface area contributed by atoms with Crippen LogP contribution in [0.2, 0.25) is 0 Å². The normalized spacial score (nSPS) is 11.5. The van der Waals surface area contributed by atoms with Crippen LogP contribution in [0.1, 0.15) is 54.5 Å². The lowest BCUT2D eigenvalue weighted by atomic mass is 9.88. The Bertz CT molecular complexity index is 864. The lowest BCUT2D eigenvalue weighted by molar-refractivity contribution is -0.137. The highest BCUT2D eigenvalue weighted by atomic mass is 19.4. The van der Waals surface area contributed by atoms with Crippen molar-refractivity contribution in [2.75, 3.05) is 5.32 Å². The minimum Gasteiger partial charge on any atom is -0.399 e. The minimum absolute atomic E-state index is 0.00392. The van der Waals surface area contributed by atoms with Gasteiger partial charge in [0, 0.05) is 23.5 Å². The lowest BCUT2D eigenvalue weighted by Crippen LogP contribution is -2.14. The van der Waals surface area contributed by atoms with Crippen molar-refractivity contribution < 1.29 is 13.2 Å². The summed E-state index contributed by atoms with van der Waals surface area (Å²) in [5.74, 6) is -0.00392. The number of nitrogens with one attached hydrogen (secondary N) is 1. The van der Waals surface area contributed by atoms with Gasteiger partial charge < -0.3 is 11.1 Å². The van der Waals surface area contributed by atoms with Gasteiger partial charge in [-0.1, -0.05) is 45.2 Å². The summed E-state index contributed by atoms with van der Waals surface area (Å²) in [5.41, 5.74) is 9.53. The fraction of sp³-hybridized carbons (Fsp3) is 0.273. The van der Waals surface area contributed by atoms with Gasteiger partial charge in [-0.2, -0.15) is 13.2 Å². The maximum atomic E-state index is 13.4. The molecule has 2 rings (SSSR count). The van der Waals surface area contributed by atoms with Crippen LogP contribution in [0.25, 0.3) is 11.3 Å². The van der Waals surface area contributed by atoms with E-state index in [0.29, 0.717) is 11.1 Å². The summed E-state index contributed by atoms with van der Waals surface area (Å²) in [7, 11) is 0. The first-order valence-electron chi connectivity index (χ1n) is 8.70. The monoisotopic (exact) mass is 374 g/mol. The number of anilines is 1. The topological polar surface area (TPSA) is 38.0 Å². The third kappa shape index (κ3) is 4.73. The molecule has 5 heteroatoms. The summed E-state index contributed by atoms with van der Waals surface area (Å²) in [6, 6.07) is 9.86. The quantitative estimate of drug-likeness (QED) is 0.614. The minimum atomic E-state index is -4.45. The molecule has 0 spiro atoms. The van der Waals surface area contributed by atoms with Gasteiger partial charge in [0.1, 0.15) is 0 Å². The number of nitrogens with two attached hydrogens (primary N) is 1. The SMILES string of the molecule is C=C(C)c1ccccc1NCc1cc(C(F)(F)F)cc(C(=C)N)c1C(C)C. The van der Waals surface area contributed by atoms with Crippen LogP contribution in [0.5, 0.6) is 0 Å². The Balaban J connectivity index is 2.53. The first-order chi connectivity index (χ1) is 12.5. The van der Waals surface area contributed by atoms with Gasteiger partial charge >= 0.3 is 6.18 Å². The number of allylic oxidation sites excluding steroid dienone is 1. The molecule has 0 radical (unpaired) electrons. The van der Waals surface area contributed by atoms with Gasteiger partial charge in [-0.05, 0) is 53.3 Å². The van der Waals surface area contributed by atoms with Gasteiger partial charge in [0.2, 0.25) is 0 Å². The molecule has 0 aromatic heterocycles. The second-order valence-electron chi connectivity index (χ2n) is 6.95. The van der Waals surface area contributed by atoms with E-state index in [4.69, 9.17) is 5.73 Å². The molecular formula is C22H25F3N2. The molecule has 0 unspecified atom stereocenters. The maximum absolute atomic E-state index is 13.4. The fourth-order valence-electron chi connectivity index (χ4n) is 3.17. The van der Waals surface area contributed by atoms with Crippen LogP contribution in [0, 0.1) is 0 Å². The average molecular weight is 374 g/mol. The van der Waals surface area contributed by atoms with Gasteiger partial charge in [0.15, 0.2) is 0 Å². The Kier molecular flexibility index (Phi) is 6.04. The number of benzene rings is 2. The van der Waals surface area contributed by atoms with E-state index in [9.17, 15) is 13.2 Å². The standard InChI is InChI=1S/C22H25F3N2/c1-13(2)18-8-6-7-9-20(18)27-12-16-10-17(22(23,24)25)11-19(15(5)26)21(16)14(3)4/h6-11,14,27H,1,5,12,26H2,2-4H3. The molecule has 2 nitrogen and oxygen atoms in total. The predicted octanol–water partition coefficient (Wildman–Crippen LogP) is 6.40. The summed E-state index contributed by atoms with van der Waals surface area (Å²) >= 11 is 0. The lowest BCUT2D eigenvalue weighted by Gasteiger charge is -2.22. The molecule has 2 aromatic rings. The summed E-state index contributed by atoms with van der Waals surface area (Å²) in [4.78, 5) is 0. The molecule has 2 aromatic carbocycles. The van der Waals surface area contributed by atoms with Crippen molar-refractivity contribution in [3.63, 3.8) is 0 Å². The third-order valence-electron chi connectivity index (χ3n) is 4.37. The highest BCUT2D eigenvalue weighted by Gasteiger charge is 2.32. The van der Waals surface area contributed by atoms with Crippen molar-refractivity contribution in [1.29, 1.82) is 0 Å². The van der Waals surface area contributed by atoms with Crippen molar-refractivity contribution >= 4 is 17.0 Å². The van der Waals surface area contributed by atoms with E-state index < -0.39 is 11.7 Å². The van der Waals surface area contributed by atoms with E-state index in [-0.39, 0.29) is 18.2 Å². The van der Waals surface area contributed by atoms with E-state index in [2.05, 4.69) is 18.5 Å². The largest absolute Gasteiger partial charge is 0.416 e. The first-order valence-corrected chi connectivity index (χ1v) is 8.70. The fourth-order valence-corrected chi connectivity index (χ4v) is 3.17. The molecule has 0 atom stereocenters. The van der Waals surface area contributed by atoms with E-state index in [1.54, 1.807) is 0 Å². The molecule has 0 saturated heterocycles. The van der Waals surface area contributed by atoms with E-state index in [1.807, 2.05) is 45.0 Å². The molecule has 0 aliphatic rings. The molecule has 27 heavy (non-hydrogen) atoms. The van der Waals surface area contributed by atoms with Crippen LogP contribution in [0.3, 0.4) is 0 Å². The van der Waals surface area contributed by atoms with Crippen LogP contribution in [0.4, 0.5) is 18.9 Å². The molecule has 0 aliphatic carbocycles. The van der Waals surface area contributed by atoms with Crippen molar-refractivity contribution in [2.24, 2.45) is 5.73 Å². The second-order valence-corrected chi connectivity index (χ2v) is 6.95. The predicted molar refractivity (Wildman–Crippen MR) is 107 cm³/mol. The molecule has 0 fully saturated rings. The Morgan fingerprint density at radius 2 is 1.74 bits per heavy atom. The van der Waals surface area contributed by atoms with E-state index in [0.717, 1.165) is 28.5 Å². The van der Waals surface area contributed by atoms with E-state index >= 15 is 0 Å². The van der Waals surface area contributed by atoms with Crippen molar-refractivity contribution in [1.82, 2.24) is 0 Å². The first kappa shape index (κ1) is 20.6. The Hall–Kier alpha value is -2.69. The summed E-state index contributed by atoms with van der Waals surface area (Å²) in [6.45, 7) is 13.6. The number of rotatable bonds is 6. The van der Waals surface area contributed by atoms with Gasteiger partial charge in [-0.3, -0.25) is 0 Å². The van der Waals surface area contributed by atoms with E-state index in [1.165, 1.54) is 6.07 Å². The van der Waals surface area contributed by atoms with Crippen LogP contribution in [-0.2, 0) is 12.7 Å². The molecule has 144 valence electrons. The molecule has 3 N–H and O–H groups in total. The third-order valence-corrected chi connectivity index (χ3v) is 4.37. The molecule has 0 aliphatic heterocycles. The van der Waals surface area contributed by atoms with Crippen LogP contribution in [-0.4, -0.2) is 0 Å². The van der Waals surface area contributed by atoms with Crippen LogP contribution >= 0.6 is 0 Å². The molecule has 0 saturated carbocycles. The summed E-state index contributed by atoms with van der Waals surface area (Å²) < 4.78 is 40.1. The van der Waals surface area contributed by atoms with Gasteiger partial charge in [0.25, 0.3) is 0 Å². The number of halogens is 3. The summed E-state index contributed by atoms with van der Waals surface area (Å²) in [6.07, 6.45) is -4.45. The number of para-hydroxylation sites is 1. The molecule has 0 heterocycles. The molecular weight excluding hydrogens is 349 g/mol. The van der Waals surface area contributed by atoms with Crippen molar-refractivity contribution in [2.45, 2.75) is 39.4 Å². The van der Waals surface area contributed by atoms with Crippen LogP contribution < -0.4 is 11.1 Å². The molecule has 0 bridgehead atoms. The second kappa shape index (κ2) is 7.91. The van der Waals surface area contributed by atoms with Crippen molar-refractivity contribution in [3.05, 3.63) is 77.4 Å². The highest BCUT2D eigenvalue weighted by molar-refractivity contribution is 5.74. The van der Waals surface area contributed by atoms with Gasteiger partial charge in [0.05, 0.1) is 5.56 Å². The Morgan fingerprint density at radius 1 is 1.11 bits per heavy atom. The zero-order chi connectivity index (χ0) is 20.4. The number of hydrogen-bond acceptors (Lipinski definition) is 2. The highest BCUT2D eigenvalue weighted by Crippen LogP contribution is 2.36. The zero-order valence-corrected chi connectivity index (χ0v) is 15.9. The number of alkyl halides is 3. The maximum Gasteiger partial charge on any atom is 0.416 e. The smallest absolute Gasteiger partial charge is 0.399 e. The zero-order valence-electron chi connectivity index (χ0n) is 15.9. The average Bonchev–Trinajstić information content (AvgIpc) is 2.58. The van der Waals surface area contributed by atoms with Crippen molar-refractivity contribution in [3.8, 4) is 0 Å². The Labute approximate surface area is 158 Å². The van der Waals surface area contributed by atoms with Gasteiger partial charge in [-0.25, -0.2) is 0 Å². The summed E-state index contributed by atoms with van der Waals surface area (Å²) in [5, 5.41) is 3.25.